The van der Waals surface area contributed by atoms with Gasteiger partial charge >= 0.3 is 0 Å². The molecule has 0 spiro atoms. The molecule has 0 aromatic heterocycles. The number of rotatable bonds is 9. The Labute approximate surface area is 98.3 Å². The van der Waals surface area contributed by atoms with Crippen LogP contribution in [0.2, 0.25) is 0 Å². The third-order valence-corrected chi connectivity index (χ3v) is 4.13. The highest BCUT2D eigenvalue weighted by Gasteiger charge is 1.95. The Morgan fingerprint density at radius 2 is 1.57 bits per heavy atom. The van der Waals surface area contributed by atoms with Gasteiger partial charge in [-0.05, 0) is 24.3 Å². The van der Waals surface area contributed by atoms with E-state index in [2.05, 4.69) is 26.8 Å². The summed E-state index contributed by atoms with van der Waals surface area (Å²) in [6.45, 7) is 6.72. The zero-order valence-electron chi connectivity index (χ0n) is 9.84. The minimum atomic E-state index is 1.20. The Morgan fingerprint density at radius 3 is 2.07 bits per heavy atom. The maximum Gasteiger partial charge on any atom is 0.0360 e. The molecule has 0 saturated heterocycles. The first-order valence-electron chi connectivity index (χ1n) is 5.80. The molecule has 14 heavy (non-hydrogen) atoms. The quantitative estimate of drug-likeness (QED) is 0.494. The molecule has 0 heterocycles. The van der Waals surface area contributed by atoms with E-state index in [4.69, 9.17) is 0 Å². The highest BCUT2D eigenvalue weighted by Crippen LogP contribution is 2.28. The molecular weight excluding hydrogens is 208 g/mol. The summed E-state index contributed by atoms with van der Waals surface area (Å²) < 4.78 is 1.53. The van der Waals surface area contributed by atoms with Gasteiger partial charge in [0.15, 0.2) is 0 Å². The van der Waals surface area contributed by atoms with Crippen molar-refractivity contribution in [3.05, 3.63) is 10.3 Å². The van der Waals surface area contributed by atoms with Gasteiger partial charge in [-0.1, -0.05) is 46.1 Å². The maximum atomic E-state index is 2.43. The van der Waals surface area contributed by atoms with Crippen molar-refractivity contribution in [1.82, 2.24) is 0 Å². The molecule has 0 bridgehead atoms. The summed E-state index contributed by atoms with van der Waals surface area (Å²) in [5.41, 5.74) is 0. The molecule has 0 aromatic rings. The lowest BCUT2D eigenvalue weighted by Crippen LogP contribution is -1.78. The largest absolute Gasteiger partial charge is 0.120 e. The van der Waals surface area contributed by atoms with E-state index in [1.54, 1.807) is 0 Å². The highest BCUT2D eigenvalue weighted by molar-refractivity contribution is 8.22. The van der Waals surface area contributed by atoms with Crippen LogP contribution in [0.1, 0.15) is 52.9 Å². The Kier molecular flexibility index (Phi) is 11.9. The molecule has 0 aliphatic rings. The van der Waals surface area contributed by atoms with Crippen molar-refractivity contribution in [3.8, 4) is 0 Å². The summed E-state index contributed by atoms with van der Waals surface area (Å²) in [5, 5.41) is 0. The molecule has 84 valence electrons. The van der Waals surface area contributed by atoms with E-state index < -0.39 is 0 Å². The van der Waals surface area contributed by atoms with Crippen LogP contribution in [-0.4, -0.2) is 11.5 Å². The summed E-state index contributed by atoms with van der Waals surface area (Å²) in [7, 11) is 0. The van der Waals surface area contributed by atoms with E-state index in [0.717, 1.165) is 0 Å². The molecule has 0 unspecified atom stereocenters. The van der Waals surface area contributed by atoms with E-state index in [1.807, 2.05) is 23.5 Å². The number of hydrogen-bond donors (Lipinski definition) is 0. The van der Waals surface area contributed by atoms with Crippen LogP contribution in [-0.2, 0) is 0 Å². The van der Waals surface area contributed by atoms with Crippen LogP contribution in [0.5, 0.6) is 0 Å². The van der Waals surface area contributed by atoms with Crippen molar-refractivity contribution in [1.29, 1.82) is 0 Å². The monoisotopic (exact) mass is 232 g/mol. The van der Waals surface area contributed by atoms with Crippen molar-refractivity contribution >= 4 is 23.5 Å². The lowest BCUT2D eigenvalue weighted by Gasteiger charge is -2.03. The molecule has 0 rings (SSSR count). The lowest BCUT2D eigenvalue weighted by molar-refractivity contribution is 0.674. The van der Waals surface area contributed by atoms with Crippen molar-refractivity contribution in [2.75, 3.05) is 11.5 Å². The molecular formula is C12H24S2. The average Bonchev–Trinajstić information content (AvgIpc) is 2.18. The summed E-state index contributed by atoms with van der Waals surface area (Å²) in [6.07, 6.45) is 9.20. The van der Waals surface area contributed by atoms with Crippen molar-refractivity contribution in [2.24, 2.45) is 0 Å². The summed E-state index contributed by atoms with van der Waals surface area (Å²) in [6, 6.07) is 0. The highest BCUT2D eigenvalue weighted by atomic mass is 32.2. The van der Waals surface area contributed by atoms with Crippen molar-refractivity contribution in [3.63, 3.8) is 0 Å². The number of unbranched alkanes of at least 4 members (excludes halogenated alkanes) is 4. The summed E-state index contributed by atoms with van der Waals surface area (Å²) in [5.74, 6) is 2.40. The first-order valence-corrected chi connectivity index (χ1v) is 7.78. The Balaban J connectivity index is 3.56. The molecule has 0 atom stereocenters. The minimum Gasteiger partial charge on any atom is -0.120 e. The lowest BCUT2D eigenvalue weighted by atomic mass is 10.2. The van der Waals surface area contributed by atoms with Crippen LogP contribution < -0.4 is 0 Å². The van der Waals surface area contributed by atoms with Crippen LogP contribution in [0.3, 0.4) is 0 Å². The fourth-order valence-corrected chi connectivity index (χ4v) is 3.32. The van der Waals surface area contributed by atoms with Gasteiger partial charge in [-0.3, -0.25) is 0 Å². The molecule has 0 fully saturated rings. The van der Waals surface area contributed by atoms with Crippen LogP contribution in [0, 0.1) is 0 Å². The minimum absolute atomic E-state index is 1.20. The Bertz CT molecular complexity index is 133. The normalized spacial score (nSPS) is 10.2. The van der Waals surface area contributed by atoms with Crippen molar-refractivity contribution in [2.45, 2.75) is 52.9 Å². The number of hydrogen-bond acceptors (Lipinski definition) is 2. The summed E-state index contributed by atoms with van der Waals surface area (Å²) in [4.78, 5) is 0. The van der Waals surface area contributed by atoms with Gasteiger partial charge in [0.05, 0.1) is 0 Å². The van der Waals surface area contributed by atoms with Gasteiger partial charge in [0.2, 0.25) is 0 Å². The Hall–Kier alpha value is 0.440. The Morgan fingerprint density at radius 1 is 0.929 bits per heavy atom. The molecule has 0 nitrogen and oxygen atoms in total. The number of allylic oxidation sites excluding steroid dienone is 1. The molecule has 2 heteroatoms. The SMILES string of the molecule is CCCCCCC=C(SCC)SCC. The van der Waals surface area contributed by atoms with E-state index in [1.165, 1.54) is 47.8 Å². The van der Waals surface area contributed by atoms with E-state index >= 15 is 0 Å². The smallest absolute Gasteiger partial charge is 0.0360 e. The van der Waals surface area contributed by atoms with Crippen LogP contribution >= 0.6 is 23.5 Å². The molecule has 0 amide bonds. The van der Waals surface area contributed by atoms with Gasteiger partial charge in [-0.15, -0.1) is 23.5 Å². The molecule has 0 aliphatic heterocycles. The molecule has 0 aliphatic carbocycles. The summed E-state index contributed by atoms with van der Waals surface area (Å²) >= 11 is 3.98. The predicted molar refractivity (Wildman–Crippen MR) is 73.1 cm³/mol. The second-order valence-corrected chi connectivity index (χ2v) is 6.11. The first-order chi connectivity index (χ1) is 6.85. The molecule has 0 aromatic carbocycles. The van der Waals surface area contributed by atoms with E-state index in [9.17, 15) is 0 Å². The van der Waals surface area contributed by atoms with Gasteiger partial charge < -0.3 is 0 Å². The first kappa shape index (κ1) is 14.4. The zero-order valence-corrected chi connectivity index (χ0v) is 11.5. The second kappa shape index (κ2) is 11.5. The third kappa shape index (κ3) is 9.01. The van der Waals surface area contributed by atoms with Crippen LogP contribution in [0.15, 0.2) is 10.3 Å². The van der Waals surface area contributed by atoms with Crippen molar-refractivity contribution < 1.29 is 0 Å². The van der Waals surface area contributed by atoms with E-state index in [-0.39, 0.29) is 0 Å². The van der Waals surface area contributed by atoms with Gasteiger partial charge in [0, 0.05) is 4.24 Å². The fraction of sp³-hybridized carbons (Fsp3) is 0.833. The van der Waals surface area contributed by atoms with Gasteiger partial charge in [-0.25, -0.2) is 0 Å². The third-order valence-electron chi connectivity index (χ3n) is 1.94. The molecule has 0 saturated carbocycles. The van der Waals surface area contributed by atoms with Gasteiger partial charge in [0.25, 0.3) is 0 Å². The average molecular weight is 232 g/mol. The van der Waals surface area contributed by atoms with Crippen LogP contribution in [0.25, 0.3) is 0 Å². The van der Waals surface area contributed by atoms with Gasteiger partial charge in [-0.2, -0.15) is 0 Å². The van der Waals surface area contributed by atoms with E-state index in [0.29, 0.717) is 0 Å². The zero-order chi connectivity index (χ0) is 10.6. The second-order valence-electron chi connectivity index (χ2n) is 3.24. The standard InChI is InChI=1S/C12H24S2/c1-4-7-8-9-10-11-12(13-5-2)14-6-3/h11H,4-10H2,1-3H3. The fourth-order valence-electron chi connectivity index (χ4n) is 1.24. The topological polar surface area (TPSA) is 0 Å². The molecule has 0 N–H and O–H groups in total. The maximum absolute atomic E-state index is 2.43. The number of thioether (sulfide) groups is 2. The predicted octanol–water partition coefficient (Wildman–Crippen LogP) is 5.30. The van der Waals surface area contributed by atoms with Gasteiger partial charge in [0.1, 0.15) is 0 Å². The molecule has 0 radical (unpaired) electrons. The van der Waals surface area contributed by atoms with Crippen LogP contribution in [0.4, 0.5) is 0 Å².